The number of phenols is 1. The summed E-state index contributed by atoms with van der Waals surface area (Å²) >= 11 is 0. The van der Waals surface area contributed by atoms with Gasteiger partial charge in [-0.1, -0.05) is 12.1 Å². The number of benzene rings is 2. The van der Waals surface area contributed by atoms with Crippen LogP contribution in [-0.2, 0) is 10.0 Å². The third-order valence-electron chi connectivity index (χ3n) is 4.95. The van der Waals surface area contributed by atoms with Gasteiger partial charge in [-0.25, -0.2) is 8.42 Å². The van der Waals surface area contributed by atoms with E-state index in [1.165, 1.54) is 18.2 Å². The molecule has 0 aliphatic carbocycles. The van der Waals surface area contributed by atoms with Gasteiger partial charge in [-0.15, -0.1) is 0 Å². The van der Waals surface area contributed by atoms with Gasteiger partial charge in [0.05, 0.1) is 18.9 Å². The highest BCUT2D eigenvalue weighted by Crippen LogP contribution is 2.34. The average Bonchev–Trinajstić information content (AvgIpc) is 3.03. The first-order valence-electron chi connectivity index (χ1n) is 8.93. The highest BCUT2D eigenvalue weighted by molar-refractivity contribution is 7.92. The lowest BCUT2D eigenvalue weighted by molar-refractivity contribution is 0.0743. The van der Waals surface area contributed by atoms with Crippen LogP contribution in [0.2, 0.25) is 0 Å². The molecule has 0 spiro atoms. The number of sulfonamides is 1. The summed E-state index contributed by atoms with van der Waals surface area (Å²) in [4.78, 5) is 14.8. The summed E-state index contributed by atoms with van der Waals surface area (Å²) in [5.41, 5.74) is 1.44. The van der Waals surface area contributed by atoms with Crippen LogP contribution in [-0.4, -0.2) is 50.3 Å². The first-order chi connectivity index (χ1) is 13.2. The molecular weight excluding hydrogens is 380 g/mol. The fourth-order valence-corrected chi connectivity index (χ4v) is 4.13. The zero-order valence-electron chi connectivity index (χ0n) is 16.0. The van der Waals surface area contributed by atoms with Gasteiger partial charge in [-0.3, -0.25) is 9.52 Å². The summed E-state index contributed by atoms with van der Waals surface area (Å²) in [5.74, 6) is 0.467. The summed E-state index contributed by atoms with van der Waals surface area (Å²) < 4.78 is 30.4. The number of hydrogen-bond donors (Lipinski definition) is 2. The molecular formula is C20H24N2O5S. The van der Waals surface area contributed by atoms with Gasteiger partial charge in [0, 0.05) is 24.2 Å². The van der Waals surface area contributed by atoms with Gasteiger partial charge in [0.15, 0.2) is 0 Å². The smallest absolute Gasteiger partial charge is 0.257 e. The molecule has 1 saturated heterocycles. The molecule has 0 radical (unpaired) electrons. The van der Waals surface area contributed by atoms with Crippen LogP contribution in [0.5, 0.6) is 11.5 Å². The second-order valence-electron chi connectivity index (χ2n) is 7.12. The van der Waals surface area contributed by atoms with Gasteiger partial charge in [0.25, 0.3) is 5.91 Å². The zero-order chi connectivity index (χ0) is 20.5. The van der Waals surface area contributed by atoms with Crippen molar-refractivity contribution in [2.45, 2.75) is 25.3 Å². The maximum Gasteiger partial charge on any atom is 0.257 e. The highest BCUT2D eigenvalue weighted by atomic mass is 32.2. The van der Waals surface area contributed by atoms with Gasteiger partial charge < -0.3 is 14.7 Å². The van der Waals surface area contributed by atoms with Crippen LogP contribution in [0.15, 0.2) is 42.5 Å². The highest BCUT2D eigenvalue weighted by Gasteiger charge is 2.34. The molecule has 1 fully saturated rings. The summed E-state index contributed by atoms with van der Waals surface area (Å²) in [5, 5.41) is 10.2. The lowest BCUT2D eigenvalue weighted by Gasteiger charge is -2.22. The predicted molar refractivity (Wildman–Crippen MR) is 107 cm³/mol. The van der Waals surface area contributed by atoms with Crippen molar-refractivity contribution < 1.29 is 23.1 Å². The van der Waals surface area contributed by atoms with Crippen molar-refractivity contribution in [3.8, 4) is 11.5 Å². The van der Waals surface area contributed by atoms with E-state index in [0.29, 0.717) is 6.54 Å². The number of rotatable bonds is 5. The van der Waals surface area contributed by atoms with E-state index in [9.17, 15) is 18.3 Å². The number of nitrogens with zero attached hydrogens (tertiary/aromatic N) is 1. The lowest BCUT2D eigenvalue weighted by Crippen LogP contribution is -2.34. The number of amides is 1. The van der Waals surface area contributed by atoms with Crippen molar-refractivity contribution in [2.75, 3.05) is 24.6 Å². The summed E-state index contributed by atoms with van der Waals surface area (Å²) in [6.45, 7) is 2.49. The van der Waals surface area contributed by atoms with Crippen molar-refractivity contribution in [3.63, 3.8) is 0 Å². The van der Waals surface area contributed by atoms with E-state index in [2.05, 4.69) is 4.72 Å². The molecule has 2 aromatic rings. The SMILES string of the molecule is COc1ccc([C@@H]2C[C@H](C)N(C(=O)c3cc(NS(C)(=O)=O)ccc3O)C2)cc1. The Labute approximate surface area is 165 Å². The van der Waals surface area contributed by atoms with Gasteiger partial charge in [-0.05, 0) is 49.2 Å². The van der Waals surface area contributed by atoms with Crippen LogP contribution in [0.4, 0.5) is 5.69 Å². The van der Waals surface area contributed by atoms with E-state index in [1.54, 1.807) is 12.0 Å². The second-order valence-corrected chi connectivity index (χ2v) is 8.87. The molecule has 2 aromatic carbocycles. The molecule has 150 valence electrons. The number of phenolic OH excluding ortho intramolecular Hbond substituents is 1. The minimum Gasteiger partial charge on any atom is -0.507 e. The van der Waals surface area contributed by atoms with Crippen LogP contribution in [0, 0.1) is 0 Å². The number of carbonyl (C=O) groups is 1. The molecule has 0 bridgehead atoms. The van der Waals surface area contributed by atoms with Crippen LogP contribution in [0.1, 0.15) is 35.2 Å². The summed E-state index contributed by atoms with van der Waals surface area (Å²) in [6, 6.07) is 11.9. The number of nitrogens with one attached hydrogen (secondary N) is 1. The quantitative estimate of drug-likeness (QED) is 0.747. The number of aromatic hydroxyl groups is 1. The molecule has 2 N–H and O–H groups in total. The maximum absolute atomic E-state index is 13.0. The molecule has 1 amide bonds. The Morgan fingerprint density at radius 1 is 1.21 bits per heavy atom. The maximum atomic E-state index is 13.0. The fourth-order valence-electron chi connectivity index (χ4n) is 3.57. The molecule has 3 rings (SSSR count). The minimum absolute atomic E-state index is 0.00877. The van der Waals surface area contributed by atoms with Crippen LogP contribution < -0.4 is 9.46 Å². The van der Waals surface area contributed by atoms with Crippen molar-refractivity contribution in [2.24, 2.45) is 0 Å². The Morgan fingerprint density at radius 3 is 2.50 bits per heavy atom. The number of carbonyl (C=O) groups excluding carboxylic acids is 1. The minimum atomic E-state index is -3.48. The molecule has 0 saturated carbocycles. The fraction of sp³-hybridized carbons (Fsp3) is 0.350. The van der Waals surface area contributed by atoms with E-state index < -0.39 is 10.0 Å². The number of anilines is 1. The molecule has 7 nitrogen and oxygen atoms in total. The third kappa shape index (κ3) is 4.39. The Morgan fingerprint density at radius 2 is 1.89 bits per heavy atom. The van der Waals surface area contributed by atoms with Crippen molar-refractivity contribution in [1.82, 2.24) is 4.90 Å². The van der Waals surface area contributed by atoms with E-state index >= 15 is 0 Å². The molecule has 0 aromatic heterocycles. The Kier molecular flexibility index (Phi) is 5.51. The predicted octanol–water partition coefficient (Wildman–Crippen LogP) is 2.79. The van der Waals surface area contributed by atoms with Crippen molar-refractivity contribution >= 4 is 21.6 Å². The standard InChI is InChI=1S/C20H24N2O5S/c1-13-10-15(14-4-7-17(27-2)8-5-14)12-22(13)20(24)18-11-16(6-9-19(18)23)21-28(3,25)26/h4-9,11,13,15,21,23H,10,12H2,1-3H3/t13-,15+/m0/s1. The van der Waals surface area contributed by atoms with Crippen molar-refractivity contribution in [3.05, 3.63) is 53.6 Å². The van der Waals surface area contributed by atoms with Gasteiger partial charge in [-0.2, -0.15) is 0 Å². The molecule has 0 unspecified atom stereocenters. The molecule has 8 heteroatoms. The molecule has 28 heavy (non-hydrogen) atoms. The molecule has 1 heterocycles. The van der Waals surface area contributed by atoms with Crippen LogP contribution in [0.3, 0.4) is 0 Å². The number of hydrogen-bond acceptors (Lipinski definition) is 5. The first kappa shape index (κ1) is 20.0. The van der Waals surface area contributed by atoms with Gasteiger partial charge in [0.2, 0.25) is 10.0 Å². The molecule has 1 aliphatic rings. The Hall–Kier alpha value is -2.74. The topological polar surface area (TPSA) is 95.9 Å². The van der Waals surface area contributed by atoms with Crippen LogP contribution >= 0.6 is 0 Å². The Bertz CT molecular complexity index is 973. The van der Waals surface area contributed by atoms with E-state index in [-0.39, 0.29) is 34.9 Å². The normalized spacial score (nSPS) is 19.5. The second kappa shape index (κ2) is 7.71. The lowest BCUT2D eigenvalue weighted by atomic mass is 9.97. The molecule has 2 atom stereocenters. The monoisotopic (exact) mass is 404 g/mol. The number of ether oxygens (including phenoxy) is 1. The van der Waals surface area contributed by atoms with Crippen LogP contribution in [0.25, 0.3) is 0 Å². The third-order valence-corrected chi connectivity index (χ3v) is 5.56. The number of methoxy groups -OCH3 is 1. The van der Waals surface area contributed by atoms with Crippen molar-refractivity contribution in [1.29, 1.82) is 0 Å². The zero-order valence-corrected chi connectivity index (χ0v) is 16.9. The van der Waals surface area contributed by atoms with E-state index in [4.69, 9.17) is 4.74 Å². The summed E-state index contributed by atoms with van der Waals surface area (Å²) in [6.07, 6.45) is 1.84. The summed E-state index contributed by atoms with van der Waals surface area (Å²) in [7, 11) is -1.86. The first-order valence-corrected chi connectivity index (χ1v) is 10.8. The average molecular weight is 404 g/mol. The largest absolute Gasteiger partial charge is 0.507 e. The van der Waals surface area contributed by atoms with E-state index in [1.807, 2.05) is 31.2 Å². The molecule has 1 aliphatic heterocycles. The number of likely N-dealkylation sites (tertiary alicyclic amines) is 1. The van der Waals surface area contributed by atoms with Gasteiger partial charge in [0.1, 0.15) is 11.5 Å². The van der Waals surface area contributed by atoms with E-state index in [0.717, 1.165) is 24.0 Å². The Balaban J connectivity index is 1.81. The van der Waals surface area contributed by atoms with Gasteiger partial charge >= 0.3 is 0 Å².